The second-order valence-electron chi connectivity index (χ2n) is 4.68. The average Bonchev–Trinajstić information content (AvgIpc) is 2.36. The van der Waals surface area contributed by atoms with E-state index in [-0.39, 0.29) is 30.3 Å². The van der Waals surface area contributed by atoms with E-state index in [4.69, 9.17) is 15.2 Å². The number of hydrogen-bond acceptors (Lipinski definition) is 5. The van der Waals surface area contributed by atoms with Crippen LogP contribution < -0.4 is 16.4 Å². The molecule has 0 heterocycles. The fourth-order valence-corrected chi connectivity index (χ4v) is 1.47. The number of carbonyl (C=O) groups excluding carboxylic acids is 2. The molecule has 4 N–H and O–H groups in total. The minimum atomic E-state index is -0.615. The number of rotatable bonds is 8. The predicted molar refractivity (Wildman–Crippen MR) is 71.2 cm³/mol. The lowest BCUT2D eigenvalue weighted by Crippen LogP contribution is -2.50. The zero-order chi connectivity index (χ0) is 15.0. The van der Waals surface area contributed by atoms with E-state index in [9.17, 15) is 9.59 Å². The van der Waals surface area contributed by atoms with E-state index in [0.717, 1.165) is 0 Å². The summed E-state index contributed by atoms with van der Waals surface area (Å²) >= 11 is 0. The van der Waals surface area contributed by atoms with Crippen LogP contribution in [0.4, 0.5) is 0 Å². The predicted octanol–water partition coefficient (Wildman–Crippen LogP) is -0.790. The molecule has 1 unspecified atom stereocenters. The molecule has 112 valence electrons. The zero-order valence-electron chi connectivity index (χ0n) is 12.2. The minimum Gasteiger partial charge on any atom is -0.354 e. The van der Waals surface area contributed by atoms with Crippen molar-refractivity contribution < 1.29 is 19.1 Å². The molecule has 2 amide bonds. The summed E-state index contributed by atoms with van der Waals surface area (Å²) in [5.74, 6) is -0.642. The molecule has 0 aromatic rings. The van der Waals surface area contributed by atoms with Gasteiger partial charge in [-0.25, -0.2) is 0 Å². The summed E-state index contributed by atoms with van der Waals surface area (Å²) in [5.41, 5.74) is 5.66. The van der Waals surface area contributed by atoms with Crippen molar-refractivity contribution >= 4 is 11.8 Å². The molecule has 0 aromatic carbocycles. The van der Waals surface area contributed by atoms with E-state index in [1.54, 1.807) is 6.92 Å². The van der Waals surface area contributed by atoms with Crippen molar-refractivity contribution in [2.75, 3.05) is 20.8 Å². The summed E-state index contributed by atoms with van der Waals surface area (Å²) in [5, 5.41) is 5.15. The van der Waals surface area contributed by atoms with Crippen LogP contribution >= 0.6 is 0 Å². The third-order valence-electron chi connectivity index (χ3n) is 2.71. The molecule has 7 heteroatoms. The highest BCUT2D eigenvalue weighted by Gasteiger charge is 2.20. The van der Waals surface area contributed by atoms with E-state index in [0.29, 0.717) is 0 Å². The van der Waals surface area contributed by atoms with Crippen LogP contribution in [0.5, 0.6) is 0 Å². The lowest BCUT2D eigenvalue weighted by Gasteiger charge is -2.22. The van der Waals surface area contributed by atoms with Crippen molar-refractivity contribution in [2.45, 2.75) is 39.1 Å². The Morgan fingerprint density at radius 2 is 1.68 bits per heavy atom. The van der Waals surface area contributed by atoms with Crippen molar-refractivity contribution in [3.63, 3.8) is 0 Å². The number of carbonyl (C=O) groups is 2. The second kappa shape index (κ2) is 8.84. The van der Waals surface area contributed by atoms with Gasteiger partial charge in [-0.2, -0.15) is 0 Å². The number of nitrogens with two attached hydrogens (primary N) is 1. The molecule has 7 nitrogen and oxygen atoms in total. The van der Waals surface area contributed by atoms with Crippen molar-refractivity contribution in [3.05, 3.63) is 0 Å². The highest BCUT2D eigenvalue weighted by molar-refractivity contribution is 5.87. The molecular weight excluding hydrogens is 250 g/mol. The van der Waals surface area contributed by atoms with Crippen molar-refractivity contribution in [1.29, 1.82) is 0 Å². The van der Waals surface area contributed by atoms with Crippen LogP contribution in [0.3, 0.4) is 0 Å². The maximum atomic E-state index is 11.6. The van der Waals surface area contributed by atoms with Gasteiger partial charge in [0.2, 0.25) is 11.8 Å². The van der Waals surface area contributed by atoms with Crippen molar-refractivity contribution in [3.8, 4) is 0 Å². The van der Waals surface area contributed by atoms with Crippen LogP contribution in [-0.4, -0.2) is 51.0 Å². The fourth-order valence-electron chi connectivity index (χ4n) is 1.47. The van der Waals surface area contributed by atoms with Gasteiger partial charge >= 0.3 is 0 Å². The largest absolute Gasteiger partial charge is 0.354 e. The van der Waals surface area contributed by atoms with E-state index in [1.807, 2.05) is 13.8 Å². The quantitative estimate of drug-likeness (QED) is 0.504. The smallest absolute Gasteiger partial charge is 0.239 e. The topological polar surface area (TPSA) is 103 Å². The fraction of sp³-hybridized carbons (Fsp3) is 0.833. The average molecular weight is 275 g/mol. The monoisotopic (exact) mass is 275 g/mol. The Hall–Kier alpha value is -1.18. The summed E-state index contributed by atoms with van der Waals surface area (Å²) in [7, 11) is 2.97. The Morgan fingerprint density at radius 1 is 1.16 bits per heavy atom. The Bertz CT molecular complexity index is 293. The van der Waals surface area contributed by atoms with Crippen LogP contribution in [0.1, 0.15) is 20.8 Å². The van der Waals surface area contributed by atoms with Gasteiger partial charge in [0.1, 0.15) is 0 Å². The van der Waals surface area contributed by atoms with E-state index >= 15 is 0 Å². The van der Waals surface area contributed by atoms with Crippen LogP contribution in [0.15, 0.2) is 0 Å². The molecule has 0 aliphatic rings. The SMILES string of the molecule is COC(OC)C(C)NC(=O)CNC(=O)[C@@H](N)C(C)C. The lowest BCUT2D eigenvalue weighted by atomic mass is 10.1. The minimum absolute atomic E-state index is 0.0216. The Kier molecular flexibility index (Phi) is 8.29. The number of methoxy groups -OCH3 is 2. The zero-order valence-corrected chi connectivity index (χ0v) is 12.2. The summed E-state index contributed by atoms with van der Waals surface area (Å²) in [6.07, 6.45) is -0.530. The van der Waals surface area contributed by atoms with E-state index < -0.39 is 12.3 Å². The molecule has 0 saturated heterocycles. The second-order valence-corrected chi connectivity index (χ2v) is 4.68. The Balaban J connectivity index is 4.09. The summed E-state index contributed by atoms with van der Waals surface area (Å²) in [6.45, 7) is 5.31. The Labute approximate surface area is 114 Å². The van der Waals surface area contributed by atoms with Gasteiger partial charge in [-0.15, -0.1) is 0 Å². The molecular formula is C12H25N3O4. The number of hydrogen-bond donors (Lipinski definition) is 3. The lowest BCUT2D eigenvalue weighted by molar-refractivity contribution is -0.136. The number of amides is 2. The third kappa shape index (κ3) is 6.51. The highest BCUT2D eigenvalue weighted by atomic mass is 16.7. The molecule has 0 rings (SSSR count). The maximum absolute atomic E-state index is 11.6. The molecule has 0 bridgehead atoms. The first kappa shape index (κ1) is 17.8. The molecule has 0 aromatic heterocycles. The molecule has 19 heavy (non-hydrogen) atoms. The van der Waals surface area contributed by atoms with Crippen molar-refractivity contribution in [2.24, 2.45) is 11.7 Å². The van der Waals surface area contributed by atoms with Gasteiger partial charge in [0.25, 0.3) is 0 Å². The van der Waals surface area contributed by atoms with Crippen molar-refractivity contribution in [1.82, 2.24) is 10.6 Å². The standard InChI is InChI=1S/C12H25N3O4/c1-7(2)10(13)11(17)14-6-9(16)15-8(3)12(18-4)19-5/h7-8,10,12H,6,13H2,1-5H3,(H,14,17)(H,15,16)/t8?,10-/m0/s1. The molecule has 0 radical (unpaired) electrons. The molecule has 0 fully saturated rings. The molecule has 0 saturated carbocycles. The van der Waals surface area contributed by atoms with E-state index in [2.05, 4.69) is 10.6 Å². The van der Waals surface area contributed by atoms with Gasteiger partial charge in [0, 0.05) is 14.2 Å². The molecule has 2 atom stereocenters. The van der Waals surface area contributed by atoms with E-state index in [1.165, 1.54) is 14.2 Å². The molecule has 0 spiro atoms. The summed E-state index contributed by atoms with van der Waals surface area (Å²) < 4.78 is 10.0. The normalized spacial score (nSPS) is 14.3. The first-order chi connectivity index (χ1) is 8.83. The van der Waals surface area contributed by atoms with Crippen LogP contribution in [0, 0.1) is 5.92 Å². The van der Waals surface area contributed by atoms with Gasteiger partial charge in [0.05, 0.1) is 18.6 Å². The maximum Gasteiger partial charge on any atom is 0.239 e. The number of ether oxygens (including phenoxy) is 2. The third-order valence-corrected chi connectivity index (χ3v) is 2.71. The first-order valence-corrected chi connectivity index (χ1v) is 6.21. The van der Waals surface area contributed by atoms with Crippen LogP contribution in [0.2, 0.25) is 0 Å². The summed E-state index contributed by atoms with van der Waals surface area (Å²) in [6, 6.07) is -0.936. The molecule has 0 aliphatic carbocycles. The Morgan fingerprint density at radius 3 is 2.11 bits per heavy atom. The van der Waals surface area contributed by atoms with Crippen LogP contribution in [0.25, 0.3) is 0 Å². The van der Waals surface area contributed by atoms with Crippen LogP contribution in [-0.2, 0) is 19.1 Å². The number of nitrogens with one attached hydrogen (secondary N) is 2. The van der Waals surface area contributed by atoms with Gasteiger partial charge in [-0.05, 0) is 12.8 Å². The van der Waals surface area contributed by atoms with Gasteiger partial charge in [-0.1, -0.05) is 13.8 Å². The van der Waals surface area contributed by atoms with Gasteiger partial charge < -0.3 is 25.8 Å². The summed E-state index contributed by atoms with van der Waals surface area (Å²) in [4.78, 5) is 23.2. The highest BCUT2D eigenvalue weighted by Crippen LogP contribution is 1.99. The molecule has 0 aliphatic heterocycles. The van der Waals surface area contributed by atoms with Gasteiger partial charge in [-0.3, -0.25) is 9.59 Å². The van der Waals surface area contributed by atoms with Gasteiger partial charge in [0.15, 0.2) is 6.29 Å². The first-order valence-electron chi connectivity index (χ1n) is 6.21.